The number of pyridine rings is 1. The average Bonchev–Trinajstić information content (AvgIpc) is 2.06. The number of hydrogen-bond acceptors (Lipinski definition) is 4. The van der Waals surface area contributed by atoms with Gasteiger partial charge in [0.15, 0.2) is 0 Å². The molecule has 0 unspecified atom stereocenters. The van der Waals surface area contributed by atoms with Crippen LogP contribution in [0.5, 0.6) is 0 Å². The summed E-state index contributed by atoms with van der Waals surface area (Å²) in [5.41, 5.74) is 11.9. The highest BCUT2D eigenvalue weighted by Gasteiger charge is 2.09. The van der Waals surface area contributed by atoms with Crippen LogP contribution in [0.25, 0.3) is 0 Å². The SMILES string of the molecule is CC(C)(N)CCNc1ccc(N)cn1. The van der Waals surface area contributed by atoms with E-state index in [9.17, 15) is 0 Å². The third-order valence-corrected chi connectivity index (χ3v) is 1.86. The lowest BCUT2D eigenvalue weighted by molar-refractivity contribution is 0.490. The highest BCUT2D eigenvalue weighted by molar-refractivity contribution is 5.43. The fourth-order valence-corrected chi connectivity index (χ4v) is 1.02. The van der Waals surface area contributed by atoms with Gasteiger partial charge in [-0.15, -0.1) is 0 Å². The summed E-state index contributed by atoms with van der Waals surface area (Å²) in [5.74, 6) is 0.837. The van der Waals surface area contributed by atoms with Crippen LogP contribution in [0.2, 0.25) is 0 Å². The lowest BCUT2D eigenvalue weighted by atomic mass is 10.0. The molecule has 14 heavy (non-hydrogen) atoms. The summed E-state index contributed by atoms with van der Waals surface area (Å²) in [4.78, 5) is 4.12. The Kier molecular flexibility index (Phi) is 3.30. The van der Waals surface area contributed by atoms with Crippen molar-refractivity contribution in [3.05, 3.63) is 18.3 Å². The Morgan fingerprint density at radius 2 is 2.14 bits per heavy atom. The molecule has 0 saturated carbocycles. The molecule has 0 atom stereocenters. The largest absolute Gasteiger partial charge is 0.397 e. The van der Waals surface area contributed by atoms with Crippen molar-refractivity contribution in [3.63, 3.8) is 0 Å². The van der Waals surface area contributed by atoms with E-state index in [1.54, 1.807) is 6.20 Å². The molecule has 5 N–H and O–H groups in total. The molecular weight excluding hydrogens is 176 g/mol. The zero-order valence-corrected chi connectivity index (χ0v) is 8.75. The summed E-state index contributed by atoms with van der Waals surface area (Å²) in [6, 6.07) is 3.68. The normalized spacial score (nSPS) is 11.4. The predicted octanol–water partition coefficient (Wildman–Crippen LogP) is 1.20. The molecular formula is C10H18N4. The van der Waals surface area contributed by atoms with Gasteiger partial charge in [0, 0.05) is 12.1 Å². The van der Waals surface area contributed by atoms with Crippen molar-refractivity contribution in [2.75, 3.05) is 17.6 Å². The van der Waals surface area contributed by atoms with Gasteiger partial charge < -0.3 is 16.8 Å². The third kappa shape index (κ3) is 4.09. The quantitative estimate of drug-likeness (QED) is 0.673. The molecule has 0 amide bonds. The zero-order chi connectivity index (χ0) is 10.6. The Labute approximate surface area is 84.7 Å². The van der Waals surface area contributed by atoms with Gasteiger partial charge in [0.2, 0.25) is 0 Å². The summed E-state index contributed by atoms with van der Waals surface area (Å²) in [5, 5.41) is 3.18. The second kappa shape index (κ2) is 4.28. The topological polar surface area (TPSA) is 77.0 Å². The van der Waals surface area contributed by atoms with E-state index in [2.05, 4.69) is 10.3 Å². The first kappa shape index (κ1) is 10.8. The highest BCUT2D eigenvalue weighted by atomic mass is 15.0. The molecule has 1 heterocycles. The van der Waals surface area contributed by atoms with Gasteiger partial charge >= 0.3 is 0 Å². The Morgan fingerprint density at radius 3 is 2.64 bits per heavy atom. The molecule has 0 saturated heterocycles. The van der Waals surface area contributed by atoms with Crippen LogP contribution in [0.4, 0.5) is 11.5 Å². The fraction of sp³-hybridized carbons (Fsp3) is 0.500. The van der Waals surface area contributed by atoms with E-state index in [0.717, 1.165) is 18.8 Å². The van der Waals surface area contributed by atoms with Crippen LogP contribution in [0.3, 0.4) is 0 Å². The Hall–Kier alpha value is -1.29. The number of rotatable bonds is 4. The maximum atomic E-state index is 5.84. The number of anilines is 2. The molecule has 0 fully saturated rings. The molecule has 1 aromatic rings. The van der Waals surface area contributed by atoms with Gasteiger partial charge in [0.25, 0.3) is 0 Å². The van der Waals surface area contributed by atoms with Gasteiger partial charge in [-0.2, -0.15) is 0 Å². The lowest BCUT2D eigenvalue weighted by Gasteiger charge is -2.18. The molecule has 0 aromatic carbocycles. The lowest BCUT2D eigenvalue weighted by Crippen LogP contribution is -2.34. The van der Waals surface area contributed by atoms with Crippen LogP contribution < -0.4 is 16.8 Å². The van der Waals surface area contributed by atoms with Gasteiger partial charge in [-0.1, -0.05) is 0 Å². The summed E-state index contributed by atoms with van der Waals surface area (Å²) in [7, 11) is 0. The standard InChI is InChI=1S/C10H18N4/c1-10(2,12)5-6-13-9-4-3-8(11)7-14-9/h3-4,7H,5-6,11-12H2,1-2H3,(H,13,14). The summed E-state index contributed by atoms with van der Waals surface area (Å²) in [6.45, 7) is 4.83. The maximum Gasteiger partial charge on any atom is 0.126 e. The Balaban J connectivity index is 2.35. The Bertz CT molecular complexity index is 273. The molecule has 4 heteroatoms. The van der Waals surface area contributed by atoms with E-state index in [1.807, 2.05) is 26.0 Å². The van der Waals surface area contributed by atoms with Crippen LogP contribution in [-0.4, -0.2) is 17.1 Å². The summed E-state index contributed by atoms with van der Waals surface area (Å²) < 4.78 is 0. The molecule has 1 aromatic heterocycles. The van der Waals surface area contributed by atoms with E-state index in [1.165, 1.54) is 0 Å². The predicted molar refractivity (Wildman–Crippen MR) is 60.0 cm³/mol. The van der Waals surface area contributed by atoms with Crippen molar-refractivity contribution in [1.29, 1.82) is 0 Å². The van der Waals surface area contributed by atoms with Gasteiger partial charge in [-0.25, -0.2) is 4.98 Å². The van der Waals surface area contributed by atoms with Crippen molar-refractivity contribution in [2.45, 2.75) is 25.8 Å². The van der Waals surface area contributed by atoms with Gasteiger partial charge in [-0.3, -0.25) is 0 Å². The van der Waals surface area contributed by atoms with Crippen molar-refractivity contribution >= 4 is 11.5 Å². The molecule has 0 bridgehead atoms. The Morgan fingerprint density at radius 1 is 1.43 bits per heavy atom. The van der Waals surface area contributed by atoms with Crippen LogP contribution in [0, 0.1) is 0 Å². The van der Waals surface area contributed by atoms with Gasteiger partial charge in [0.05, 0.1) is 11.9 Å². The molecule has 4 nitrogen and oxygen atoms in total. The van der Waals surface area contributed by atoms with Crippen LogP contribution in [0.15, 0.2) is 18.3 Å². The van der Waals surface area contributed by atoms with Crippen molar-refractivity contribution in [2.24, 2.45) is 5.73 Å². The molecule has 1 rings (SSSR count). The minimum Gasteiger partial charge on any atom is -0.397 e. The number of nitrogens with two attached hydrogens (primary N) is 2. The van der Waals surface area contributed by atoms with E-state index in [0.29, 0.717) is 5.69 Å². The molecule has 0 aliphatic rings. The van der Waals surface area contributed by atoms with Crippen LogP contribution in [-0.2, 0) is 0 Å². The fourth-order valence-electron chi connectivity index (χ4n) is 1.02. The minimum absolute atomic E-state index is 0.138. The first-order valence-corrected chi connectivity index (χ1v) is 4.72. The van der Waals surface area contributed by atoms with E-state index >= 15 is 0 Å². The zero-order valence-electron chi connectivity index (χ0n) is 8.75. The second-order valence-corrected chi connectivity index (χ2v) is 4.14. The van der Waals surface area contributed by atoms with E-state index < -0.39 is 0 Å². The number of aromatic nitrogens is 1. The average molecular weight is 194 g/mol. The van der Waals surface area contributed by atoms with E-state index in [4.69, 9.17) is 11.5 Å². The molecule has 78 valence electrons. The monoisotopic (exact) mass is 194 g/mol. The number of hydrogen-bond donors (Lipinski definition) is 3. The van der Waals surface area contributed by atoms with Crippen molar-refractivity contribution < 1.29 is 0 Å². The van der Waals surface area contributed by atoms with Crippen molar-refractivity contribution in [1.82, 2.24) is 4.98 Å². The minimum atomic E-state index is -0.138. The van der Waals surface area contributed by atoms with E-state index in [-0.39, 0.29) is 5.54 Å². The van der Waals surface area contributed by atoms with Gasteiger partial charge in [0.1, 0.15) is 5.82 Å². The molecule has 0 aliphatic carbocycles. The first-order valence-electron chi connectivity index (χ1n) is 4.72. The summed E-state index contributed by atoms with van der Waals surface area (Å²) >= 11 is 0. The molecule has 0 spiro atoms. The highest BCUT2D eigenvalue weighted by Crippen LogP contribution is 2.08. The second-order valence-electron chi connectivity index (χ2n) is 4.14. The first-order chi connectivity index (χ1) is 6.47. The van der Waals surface area contributed by atoms with Gasteiger partial charge in [-0.05, 0) is 32.4 Å². The van der Waals surface area contributed by atoms with Crippen LogP contribution in [0.1, 0.15) is 20.3 Å². The smallest absolute Gasteiger partial charge is 0.126 e. The summed E-state index contributed by atoms with van der Waals surface area (Å²) in [6.07, 6.45) is 2.54. The van der Waals surface area contributed by atoms with Crippen LogP contribution >= 0.6 is 0 Å². The molecule has 0 aliphatic heterocycles. The van der Waals surface area contributed by atoms with Crippen molar-refractivity contribution in [3.8, 4) is 0 Å². The maximum absolute atomic E-state index is 5.84. The third-order valence-electron chi connectivity index (χ3n) is 1.86. The number of nitrogen functional groups attached to an aromatic ring is 1. The molecule has 0 radical (unpaired) electrons. The number of nitrogens with one attached hydrogen (secondary N) is 1. The number of nitrogens with zero attached hydrogens (tertiary/aromatic N) is 1.